The third kappa shape index (κ3) is 4.35. The Hall–Kier alpha value is -3.30. The van der Waals surface area contributed by atoms with Gasteiger partial charge in [0.25, 0.3) is 0 Å². The summed E-state index contributed by atoms with van der Waals surface area (Å²) in [5.41, 5.74) is 4.87. The molecule has 4 rings (SSSR count). The van der Waals surface area contributed by atoms with Gasteiger partial charge in [-0.2, -0.15) is 13.2 Å². The van der Waals surface area contributed by atoms with Gasteiger partial charge in [0.1, 0.15) is 5.82 Å². The molecule has 2 aliphatic rings. The van der Waals surface area contributed by atoms with Crippen LogP contribution in [0.3, 0.4) is 0 Å². The first-order chi connectivity index (χ1) is 15.1. The van der Waals surface area contributed by atoms with Crippen molar-refractivity contribution in [2.24, 2.45) is 0 Å². The Kier molecular flexibility index (Phi) is 5.47. The average Bonchev–Trinajstić information content (AvgIpc) is 2.73. The molecule has 32 heavy (non-hydrogen) atoms. The molecule has 0 unspecified atom stereocenters. The largest absolute Gasteiger partial charge is 0.416 e. The zero-order valence-corrected chi connectivity index (χ0v) is 17.1. The minimum Gasteiger partial charge on any atom is -0.399 e. The maximum Gasteiger partial charge on any atom is 0.416 e. The van der Waals surface area contributed by atoms with Crippen LogP contribution in [-0.4, -0.2) is 35.3 Å². The average molecular weight is 450 g/mol. The molecule has 2 amide bonds. The van der Waals surface area contributed by atoms with Crippen LogP contribution < -0.4 is 16.4 Å². The minimum atomic E-state index is -4.58. The number of nitrogens with two attached hydrogens (primary N) is 1. The molecule has 2 aliphatic heterocycles. The van der Waals surface area contributed by atoms with E-state index in [1.54, 1.807) is 0 Å². The fourth-order valence-electron chi connectivity index (χ4n) is 4.32. The van der Waals surface area contributed by atoms with E-state index in [1.165, 1.54) is 35.2 Å². The first-order valence-corrected chi connectivity index (χ1v) is 10.2. The molecule has 6 nitrogen and oxygen atoms in total. The predicted molar refractivity (Wildman–Crippen MR) is 111 cm³/mol. The quantitative estimate of drug-likeness (QED) is 0.474. The van der Waals surface area contributed by atoms with Gasteiger partial charge in [0, 0.05) is 48.5 Å². The first-order valence-electron chi connectivity index (χ1n) is 10.2. The number of carbonyl (C=O) groups is 2. The number of nitrogens with zero attached hydrogens (tertiary/aromatic N) is 1. The summed E-state index contributed by atoms with van der Waals surface area (Å²) in [6.07, 6.45) is -3.41. The SMILES string of the molecule is Nc1ccc(CNC(=O)N2CCC3(CC2)CC(=O)c2cc(F)ccc2N3)c(C(F)(F)F)c1. The fourth-order valence-corrected chi connectivity index (χ4v) is 4.32. The summed E-state index contributed by atoms with van der Waals surface area (Å²) < 4.78 is 53.2. The zero-order valence-electron chi connectivity index (χ0n) is 17.1. The number of piperidine rings is 1. The highest BCUT2D eigenvalue weighted by Crippen LogP contribution is 2.38. The van der Waals surface area contributed by atoms with Gasteiger partial charge in [0.15, 0.2) is 5.78 Å². The van der Waals surface area contributed by atoms with Crippen molar-refractivity contribution in [3.05, 3.63) is 58.9 Å². The van der Waals surface area contributed by atoms with E-state index >= 15 is 0 Å². The van der Waals surface area contributed by atoms with Crippen LogP contribution in [0.4, 0.5) is 33.7 Å². The normalized spacial score (nSPS) is 17.6. The van der Waals surface area contributed by atoms with Crippen LogP contribution in [-0.2, 0) is 12.7 Å². The van der Waals surface area contributed by atoms with Gasteiger partial charge in [-0.05, 0) is 48.7 Å². The third-order valence-electron chi connectivity index (χ3n) is 6.06. The summed E-state index contributed by atoms with van der Waals surface area (Å²) >= 11 is 0. The number of rotatable bonds is 2. The van der Waals surface area contributed by atoms with Gasteiger partial charge in [-0.15, -0.1) is 0 Å². The Morgan fingerprint density at radius 1 is 1.16 bits per heavy atom. The molecule has 4 N–H and O–H groups in total. The second kappa shape index (κ2) is 7.99. The number of carbonyl (C=O) groups excluding carboxylic acids is 2. The lowest BCUT2D eigenvalue weighted by Gasteiger charge is -2.45. The smallest absolute Gasteiger partial charge is 0.399 e. The van der Waals surface area contributed by atoms with Crippen LogP contribution >= 0.6 is 0 Å². The molecule has 0 saturated carbocycles. The van der Waals surface area contributed by atoms with Gasteiger partial charge in [-0.1, -0.05) is 6.07 Å². The van der Waals surface area contributed by atoms with Gasteiger partial charge in [-0.25, -0.2) is 9.18 Å². The van der Waals surface area contributed by atoms with Crippen molar-refractivity contribution in [3.63, 3.8) is 0 Å². The van der Waals surface area contributed by atoms with E-state index in [2.05, 4.69) is 10.6 Å². The van der Waals surface area contributed by atoms with E-state index < -0.39 is 29.1 Å². The summed E-state index contributed by atoms with van der Waals surface area (Å²) in [7, 11) is 0. The summed E-state index contributed by atoms with van der Waals surface area (Å²) in [4.78, 5) is 26.6. The van der Waals surface area contributed by atoms with Crippen molar-refractivity contribution in [3.8, 4) is 0 Å². The lowest BCUT2D eigenvalue weighted by Crippen LogP contribution is -2.55. The molecular weight excluding hydrogens is 428 g/mol. The summed E-state index contributed by atoms with van der Waals surface area (Å²) in [5.74, 6) is -0.629. The van der Waals surface area contributed by atoms with Crippen molar-refractivity contribution in [1.29, 1.82) is 0 Å². The van der Waals surface area contributed by atoms with E-state index in [-0.39, 0.29) is 30.0 Å². The fraction of sp³-hybridized carbons (Fsp3) is 0.364. The number of amides is 2. The summed E-state index contributed by atoms with van der Waals surface area (Å²) in [6, 6.07) is 7.02. The number of nitrogen functional groups attached to an aromatic ring is 1. The third-order valence-corrected chi connectivity index (χ3v) is 6.06. The molecule has 0 aromatic heterocycles. The molecule has 2 aromatic rings. The molecule has 170 valence electrons. The molecule has 0 aliphatic carbocycles. The molecule has 0 radical (unpaired) electrons. The Morgan fingerprint density at radius 3 is 2.56 bits per heavy atom. The highest BCUT2D eigenvalue weighted by molar-refractivity contribution is 6.04. The highest BCUT2D eigenvalue weighted by atomic mass is 19.4. The van der Waals surface area contributed by atoms with Crippen molar-refractivity contribution in [1.82, 2.24) is 10.2 Å². The number of likely N-dealkylation sites (tertiary alicyclic amines) is 1. The van der Waals surface area contributed by atoms with E-state index in [1.807, 2.05) is 0 Å². The number of halogens is 4. The number of Topliss-reactive ketones (excluding diaryl/α,β-unsaturated/α-hetero) is 1. The topological polar surface area (TPSA) is 87.5 Å². The molecule has 0 bridgehead atoms. The number of ketones is 1. The van der Waals surface area contributed by atoms with Crippen LogP contribution in [0.5, 0.6) is 0 Å². The second-order valence-corrected chi connectivity index (χ2v) is 8.26. The van der Waals surface area contributed by atoms with Crippen LogP contribution in [0.25, 0.3) is 0 Å². The van der Waals surface area contributed by atoms with Gasteiger partial charge < -0.3 is 21.3 Å². The van der Waals surface area contributed by atoms with Gasteiger partial charge >= 0.3 is 12.2 Å². The van der Waals surface area contributed by atoms with Crippen molar-refractivity contribution in [2.75, 3.05) is 24.1 Å². The van der Waals surface area contributed by atoms with Crippen molar-refractivity contribution in [2.45, 2.75) is 37.5 Å². The molecule has 1 saturated heterocycles. The Bertz CT molecular complexity index is 1060. The maximum absolute atomic E-state index is 13.4. The monoisotopic (exact) mass is 450 g/mol. The molecule has 2 heterocycles. The number of hydrogen-bond acceptors (Lipinski definition) is 4. The number of urea groups is 1. The molecule has 2 aromatic carbocycles. The van der Waals surface area contributed by atoms with E-state index in [9.17, 15) is 27.2 Å². The van der Waals surface area contributed by atoms with Crippen LogP contribution in [0.15, 0.2) is 36.4 Å². The van der Waals surface area contributed by atoms with Gasteiger partial charge in [-0.3, -0.25) is 4.79 Å². The van der Waals surface area contributed by atoms with Crippen LogP contribution in [0.1, 0.15) is 40.7 Å². The zero-order chi connectivity index (χ0) is 23.1. The predicted octanol–water partition coefficient (Wildman–Crippen LogP) is 4.17. The molecule has 1 spiro atoms. The standard InChI is InChI=1S/C22H22F4N4O2/c23-14-2-4-18-16(9-14)19(31)11-21(29-18)5-7-30(8-6-21)20(32)28-12-13-1-3-15(27)10-17(13)22(24,25)26/h1-4,9-10,29H,5-8,11-12,27H2,(H,28,32). The van der Waals surface area contributed by atoms with Gasteiger partial charge in [0.05, 0.1) is 5.56 Å². The van der Waals surface area contributed by atoms with E-state index in [4.69, 9.17) is 5.73 Å². The number of benzene rings is 2. The first kappa shape index (κ1) is 21.9. The number of hydrogen-bond donors (Lipinski definition) is 3. The van der Waals surface area contributed by atoms with E-state index in [0.717, 1.165) is 6.07 Å². The molecule has 1 fully saturated rings. The molecule has 10 heteroatoms. The van der Waals surface area contributed by atoms with Crippen LogP contribution in [0, 0.1) is 5.82 Å². The number of nitrogens with one attached hydrogen (secondary N) is 2. The highest BCUT2D eigenvalue weighted by Gasteiger charge is 2.41. The van der Waals surface area contributed by atoms with E-state index in [0.29, 0.717) is 37.2 Å². The molecular formula is C22H22F4N4O2. The Balaban J connectivity index is 1.38. The Labute approximate surface area is 181 Å². The molecule has 0 atom stereocenters. The minimum absolute atomic E-state index is 0.00688. The lowest BCUT2D eigenvalue weighted by molar-refractivity contribution is -0.138. The van der Waals surface area contributed by atoms with Gasteiger partial charge in [0.2, 0.25) is 0 Å². The number of fused-ring (bicyclic) bond motifs is 1. The second-order valence-electron chi connectivity index (χ2n) is 8.26. The van der Waals surface area contributed by atoms with Crippen molar-refractivity contribution < 1.29 is 27.2 Å². The maximum atomic E-state index is 13.4. The van der Waals surface area contributed by atoms with Crippen LogP contribution in [0.2, 0.25) is 0 Å². The Morgan fingerprint density at radius 2 is 1.88 bits per heavy atom. The summed E-state index contributed by atoms with van der Waals surface area (Å²) in [5, 5.41) is 5.87. The number of anilines is 2. The number of alkyl halides is 3. The lowest BCUT2D eigenvalue weighted by atomic mass is 9.78. The summed E-state index contributed by atoms with van der Waals surface area (Å²) in [6.45, 7) is 0.373. The van der Waals surface area contributed by atoms with Crippen molar-refractivity contribution >= 4 is 23.2 Å².